The molecule has 0 radical (unpaired) electrons. The lowest BCUT2D eigenvalue weighted by Gasteiger charge is -2.29. The second kappa shape index (κ2) is 5.57. The van der Waals surface area contributed by atoms with Crippen molar-refractivity contribution < 1.29 is 5.11 Å². The van der Waals surface area contributed by atoms with Crippen LogP contribution in [0.15, 0.2) is 24.3 Å². The Morgan fingerprint density at radius 3 is 2.06 bits per heavy atom. The van der Waals surface area contributed by atoms with Crippen molar-refractivity contribution in [2.24, 2.45) is 17.3 Å². The molecule has 17 heavy (non-hydrogen) atoms. The van der Waals surface area contributed by atoms with Crippen LogP contribution >= 0.6 is 0 Å². The molecule has 0 aliphatic carbocycles. The molecule has 1 nitrogen and oxygen atoms in total. The summed E-state index contributed by atoms with van der Waals surface area (Å²) >= 11 is 0. The summed E-state index contributed by atoms with van der Waals surface area (Å²) < 4.78 is 0. The minimum Gasteiger partial charge on any atom is -0.508 e. The van der Waals surface area contributed by atoms with Crippen LogP contribution in [0.1, 0.15) is 46.6 Å². The van der Waals surface area contributed by atoms with Gasteiger partial charge in [-0.25, -0.2) is 0 Å². The third kappa shape index (κ3) is 4.80. The van der Waals surface area contributed by atoms with E-state index in [-0.39, 0.29) is 0 Å². The van der Waals surface area contributed by atoms with Crippen LogP contribution < -0.4 is 0 Å². The molecule has 1 aromatic rings. The van der Waals surface area contributed by atoms with Gasteiger partial charge in [0.25, 0.3) is 0 Å². The molecule has 0 bridgehead atoms. The topological polar surface area (TPSA) is 20.2 Å². The van der Waals surface area contributed by atoms with Gasteiger partial charge in [-0.3, -0.25) is 0 Å². The first kappa shape index (κ1) is 14.1. The maximum absolute atomic E-state index is 9.24. The van der Waals surface area contributed by atoms with E-state index in [1.54, 1.807) is 12.1 Å². The summed E-state index contributed by atoms with van der Waals surface area (Å²) in [4.78, 5) is 0. The van der Waals surface area contributed by atoms with Crippen LogP contribution in [0.25, 0.3) is 0 Å². The Labute approximate surface area is 106 Å². The lowest BCUT2D eigenvalue weighted by molar-refractivity contribution is 0.219. The molecular formula is C16H26O. The van der Waals surface area contributed by atoms with E-state index in [0.29, 0.717) is 17.1 Å². The zero-order chi connectivity index (χ0) is 13.1. The number of aromatic hydroxyl groups is 1. The molecule has 0 aliphatic heterocycles. The second-order valence-electron chi connectivity index (χ2n) is 6.48. The fourth-order valence-corrected chi connectivity index (χ4v) is 2.07. The average Bonchev–Trinajstić information content (AvgIpc) is 2.20. The van der Waals surface area contributed by atoms with Crippen molar-refractivity contribution in [3.05, 3.63) is 29.8 Å². The van der Waals surface area contributed by atoms with Gasteiger partial charge in [-0.2, -0.15) is 0 Å². The lowest BCUT2D eigenvalue weighted by atomic mass is 9.76. The van der Waals surface area contributed by atoms with E-state index in [9.17, 15) is 5.11 Å². The number of hydrogen-bond donors (Lipinski definition) is 1. The molecule has 1 heteroatoms. The van der Waals surface area contributed by atoms with E-state index in [1.165, 1.54) is 12.0 Å². The first-order chi connectivity index (χ1) is 7.79. The molecule has 0 saturated carbocycles. The number of phenols is 1. The van der Waals surface area contributed by atoms with Crippen molar-refractivity contribution in [1.82, 2.24) is 0 Å². The van der Waals surface area contributed by atoms with Gasteiger partial charge in [0.05, 0.1) is 0 Å². The standard InChI is InChI=1S/C16H26O/c1-12(10-13(2)16(3,4)5)11-14-6-8-15(17)9-7-14/h6-9,12-13,17H,10-11H2,1-5H3/t12-,13?/m1/s1. The molecule has 0 fully saturated rings. The predicted octanol–water partition coefficient (Wildman–Crippen LogP) is 4.64. The van der Waals surface area contributed by atoms with Crippen molar-refractivity contribution in [3.63, 3.8) is 0 Å². The van der Waals surface area contributed by atoms with Crippen LogP contribution in [0.2, 0.25) is 0 Å². The van der Waals surface area contributed by atoms with Gasteiger partial charge in [0.15, 0.2) is 0 Å². The highest BCUT2D eigenvalue weighted by Crippen LogP contribution is 2.31. The van der Waals surface area contributed by atoms with Crippen LogP contribution in [-0.4, -0.2) is 5.11 Å². The summed E-state index contributed by atoms with van der Waals surface area (Å²) in [5.74, 6) is 1.77. The highest BCUT2D eigenvalue weighted by atomic mass is 16.3. The largest absolute Gasteiger partial charge is 0.508 e. The molecule has 1 rings (SSSR count). The van der Waals surface area contributed by atoms with Crippen LogP contribution in [0, 0.1) is 17.3 Å². The summed E-state index contributed by atoms with van der Waals surface area (Å²) in [6.45, 7) is 11.6. The normalized spacial score (nSPS) is 15.6. The minimum absolute atomic E-state index is 0.351. The second-order valence-corrected chi connectivity index (χ2v) is 6.48. The fourth-order valence-electron chi connectivity index (χ4n) is 2.07. The van der Waals surface area contributed by atoms with Crippen molar-refractivity contribution in [2.75, 3.05) is 0 Å². The third-order valence-electron chi connectivity index (χ3n) is 3.75. The highest BCUT2D eigenvalue weighted by Gasteiger charge is 2.21. The molecule has 0 aliphatic rings. The van der Waals surface area contributed by atoms with Gasteiger partial charge in [-0.05, 0) is 47.8 Å². The number of hydrogen-bond acceptors (Lipinski definition) is 1. The molecule has 1 unspecified atom stereocenters. The SMILES string of the molecule is CC(C[C@@H](C)Cc1ccc(O)cc1)C(C)(C)C. The van der Waals surface area contributed by atoms with Gasteiger partial charge in [0.1, 0.15) is 5.75 Å². The molecule has 1 aromatic carbocycles. The maximum Gasteiger partial charge on any atom is 0.115 e. The Hall–Kier alpha value is -0.980. The monoisotopic (exact) mass is 234 g/mol. The minimum atomic E-state index is 0.351. The predicted molar refractivity (Wildman–Crippen MR) is 74.2 cm³/mol. The fraction of sp³-hybridized carbons (Fsp3) is 0.625. The van der Waals surface area contributed by atoms with E-state index in [0.717, 1.165) is 12.3 Å². The van der Waals surface area contributed by atoms with E-state index in [2.05, 4.69) is 34.6 Å². The zero-order valence-corrected chi connectivity index (χ0v) is 11.8. The first-order valence-corrected chi connectivity index (χ1v) is 6.57. The Morgan fingerprint density at radius 1 is 1.06 bits per heavy atom. The quantitative estimate of drug-likeness (QED) is 0.804. The van der Waals surface area contributed by atoms with Crippen molar-refractivity contribution in [2.45, 2.75) is 47.5 Å². The molecule has 96 valence electrons. The van der Waals surface area contributed by atoms with Gasteiger partial charge in [-0.15, -0.1) is 0 Å². The van der Waals surface area contributed by atoms with Crippen molar-refractivity contribution in [1.29, 1.82) is 0 Å². The van der Waals surface area contributed by atoms with Gasteiger partial charge in [-0.1, -0.05) is 46.8 Å². The molecule has 0 amide bonds. The summed E-state index contributed by atoms with van der Waals surface area (Å²) in [7, 11) is 0. The van der Waals surface area contributed by atoms with Crippen LogP contribution in [-0.2, 0) is 6.42 Å². The van der Waals surface area contributed by atoms with Crippen molar-refractivity contribution >= 4 is 0 Å². The van der Waals surface area contributed by atoms with Crippen LogP contribution in [0.3, 0.4) is 0 Å². The molecule has 0 aromatic heterocycles. The molecule has 1 N–H and O–H groups in total. The van der Waals surface area contributed by atoms with Gasteiger partial charge >= 0.3 is 0 Å². The Morgan fingerprint density at radius 2 is 1.59 bits per heavy atom. The maximum atomic E-state index is 9.24. The third-order valence-corrected chi connectivity index (χ3v) is 3.75. The molecule has 0 spiro atoms. The number of rotatable bonds is 4. The molecule has 0 heterocycles. The summed E-state index contributed by atoms with van der Waals surface area (Å²) in [5.41, 5.74) is 1.71. The van der Waals surface area contributed by atoms with Crippen molar-refractivity contribution in [3.8, 4) is 5.75 Å². The molecular weight excluding hydrogens is 208 g/mol. The number of phenolic OH excluding ortho intramolecular Hbond substituents is 1. The lowest BCUT2D eigenvalue weighted by Crippen LogP contribution is -2.20. The van der Waals surface area contributed by atoms with E-state index < -0.39 is 0 Å². The summed E-state index contributed by atoms with van der Waals surface area (Å²) in [6.07, 6.45) is 2.35. The zero-order valence-electron chi connectivity index (χ0n) is 11.8. The Bertz CT molecular complexity index is 332. The molecule has 0 saturated heterocycles. The highest BCUT2D eigenvalue weighted by molar-refractivity contribution is 5.26. The average molecular weight is 234 g/mol. The van der Waals surface area contributed by atoms with E-state index in [1.807, 2.05) is 12.1 Å². The Balaban J connectivity index is 2.50. The van der Waals surface area contributed by atoms with Gasteiger partial charge in [0, 0.05) is 0 Å². The van der Waals surface area contributed by atoms with E-state index >= 15 is 0 Å². The van der Waals surface area contributed by atoms with Gasteiger partial charge in [0.2, 0.25) is 0 Å². The summed E-state index contributed by atoms with van der Waals surface area (Å²) in [5, 5.41) is 9.24. The first-order valence-electron chi connectivity index (χ1n) is 6.57. The van der Waals surface area contributed by atoms with Crippen LogP contribution in [0.4, 0.5) is 0 Å². The summed E-state index contributed by atoms with van der Waals surface area (Å²) in [6, 6.07) is 7.59. The van der Waals surface area contributed by atoms with Gasteiger partial charge < -0.3 is 5.11 Å². The number of benzene rings is 1. The van der Waals surface area contributed by atoms with E-state index in [4.69, 9.17) is 0 Å². The smallest absolute Gasteiger partial charge is 0.115 e. The molecule has 2 atom stereocenters. The Kier molecular flexibility index (Phi) is 4.62. The van der Waals surface area contributed by atoms with Crippen LogP contribution in [0.5, 0.6) is 5.75 Å².